The van der Waals surface area contributed by atoms with Crippen molar-refractivity contribution < 1.29 is 4.79 Å². The summed E-state index contributed by atoms with van der Waals surface area (Å²) >= 11 is 1.44. The van der Waals surface area contributed by atoms with Crippen molar-refractivity contribution in [1.82, 2.24) is 14.8 Å². The summed E-state index contributed by atoms with van der Waals surface area (Å²) in [7, 11) is 0. The number of anilines is 1. The molecule has 1 atom stereocenters. The largest absolute Gasteiger partial charge is 0.325 e. The Balaban J connectivity index is 1.49. The number of hydrogen-bond acceptors (Lipinski definition) is 4. The lowest BCUT2D eigenvalue weighted by Crippen LogP contribution is -2.23. The number of para-hydroxylation sites is 1. The van der Waals surface area contributed by atoms with Crippen LogP contribution in [0.4, 0.5) is 5.69 Å². The zero-order valence-electron chi connectivity index (χ0n) is 17.9. The van der Waals surface area contributed by atoms with Gasteiger partial charge in [0.15, 0.2) is 5.16 Å². The number of rotatable bonds is 6. The van der Waals surface area contributed by atoms with Crippen molar-refractivity contribution in [3.05, 3.63) is 66.0 Å². The maximum Gasteiger partial charge on any atom is 0.237 e. The van der Waals surface area contributed by atoms with E-state index in [9.17, 15) is 4.79 Å². The van der Waals surface area contributed by atoms with Gasteiger partial charge in [0.25, 0.3) is 0 Å². The summed E-state index contributed by atoms with van der Waals surface area (Å²) in [5, 5.41) is 12.3. The van der Waals surface area contributed by atoms with Crippen LogP contribution in [0.15, 0.2) is 59.8 Å². The molecule has 1 N–H and O–H groups in total. The third-order valence-electron chi connectivity index (χ3n) is 5.29. The standard InChI is InChI=1S/C24H28N4OS/c1-16(22(29)25-19-14-12-18(13-15-19)24(2,3)4)30-23-27-26-21(17-10-11-17)28(23)20-8-6-5-7-9-20/h5-9,12-17H,10-11H2,1-4H3,(H,25,29). The van der Waals surface area contributed by atoms with Crippen molar-refractivity contribution >= 4 is 23.4 Å². The van der Waals surface area contributed by atoms with Gasteiger partial charge in [0.05, 0.1) is 5.25 Å². The van der Waals surface area contributed by atoms with Crippen LogP contribution in [0.3, 0.4) is 0 Å². The van der Waals surface area contributed by atoms with Crippen LogP contribution in [-0.2, 0) is 10.2 Å². The Bertz CT molecular complexity index is 1020. The van der Waals surface area contributed by atoms with Crippen LogP contribution >= 0.6 is 11.8 Å². The van der Waals surface area contributed by atoms with Gasteiger partial charge < -0.3 is 5.32 Å². The molecule has 5 nitrogen and oxygen atoms in total. The number of hydrogen-bond donors (Lipinski definition) is 1. The van der Waals surface area contributed by atoms with Gasteiger partial charge in [-0.15, -0.1) is 10.2 Å². The van der Waals surface area contributed by atoms with Crippen LogP contribution in [0, 0.1) is 0 Å². The molecular formula is C24H28N4OS. The number of carbonyl (C=O) groups is 1. The number of thioether (sulfide) groups is 1. The minimum Gasteiger partial charge on any atom is -0.325 e. The van der Waals surface area contributed by atoms with Gasteiger partial charge in [-0.3, -0.25) is 9.36 Å². The van der Waals surface area contributed by atoms with Crippen molar-refractivity contribution in [1.29, 1.82) is 0 Å². The number of carbonyl (C=O) groups excluding carboxylic acids is 1. The Morgan fingerprint density at radius 2 is 1.73 bits per heavy atom. The minimum atomic E-state index is -0.300. The molecular weight excluding hydrogens is 392 g/mol. The predicted octanol–water partition coefficient (Wildman–Crippen LogP) is 5.56. The number of nitrogens with zero attached hydrogens (tertiary/aromatic N) is 3. The van der Waals surface area contributed by atoms with Gasteiger partial charge in [0, 0.05) is 17.3 Å². The molecule has 1 aromatic heterocycles. The molecule has 0 bridgehead atoms. The molecule has 0 radical (unpaired) electrons. The molecule has 0 spiro atoms. The average Bonchev–Trinajstić information content (AvgIpc) is 3.48. The molecule has 0 aliphatic heterocycles. The van der Waals surface area contributed by atoms with E-state index in [1.54, 1.807) is 0 Å². The molecule has 0 saturated heterocycles. The van der Waals surface area contributed by atoms with E-state index in [1.807, 2.05) is 37.3 Å². The summed E-state index contributed by atoms with van der Waals surface area (Å²) in [5.41, 5.74) is 3.18. The van der Waals surface area contributed by atoms with Crippen LogP contribution in [0.1, 0.15) is 57.8 Å². The Labute approximate surface area is 182 Å². The number of benzene rings is 2. The first-order valence-corrected chi connectivity index (χ1v) is 11.3. The van der Waals surface area contributed by atoms with Crippen molar-refractivity contribution in [2.75, 3.05) is 5.32 Å². The van der Waals surface area contributed by atoms with Gasteiger partial charge in [0.1, 0.15) is 5.82 Å². The first-order chi connectivity index (χ1) is 14.3. The van der Waals surface area contributed by atoms with E-state index in [0.29, 0.717) is 5.92 Å². The maximum absolute atomic E-state index is 12.8. The zero-order valence-corrected chi connectivity index (χ0v) is 18.7. The monoisotopic (exact) mass is 420 g/mol. The highest BCUT2D eigenvalue weighted by molar-refractivity contribution is 8.00. The van der Waals surface area contributed by atoms with Gasteiger partial charge in [-0.25, -0.2) is 0 Å². The van der Waals surface area contributed by atoms with E-state index in [2.05, 4.69) is 65.1 Å². The molecule has 1 fully saturated rings. The lowest BCUT2D eigenvalue weighted by Gasteiger charge is -2.19. The molecule has 1 amide bonds. The molecule has 1 unspecified atom stereocenters. The van der Waals surface area contributed by atoms with Crippen LogP contribution < -0.4 is 5.32 Å². The van der Waals surface area contributed by atoms with E-state index < -0.39 is 0 Å². The first-order valence-electron chi connectivity index (χ1n) is 10.4. The molecule has 30 heavy (non-hydrogen) atoms. The quantitative estimate of drug-likeness (QED) is 0.530. The number of amides is 1. The fourth-order valence-corrected chi connectivity index (χ4v) is 4.17. The van der Waals surface area contributed by atoms with Crippen molar-refractivity contribution in [3.8, 4) is 5.69 Å². The normalized spacial score (nSPS) is 15.1. The SMILES string of the molecule is CC(Sc1nnc(C2CC2)n1-c1ccccc1)C(=O)Nc1ccc(C(C)(C)C)cc1. The van der Waals surface area contributed by atoms with Gasteiger partial charge in [-0.1, -0.05) is 62.9 Å². The topological polar surface area (TPSA) is 59.8 Å². The summed E-state index contributed by atoms with van der Waals surface area (Å²) in [5.74, 6) is 1.42. The molecule has 1 heterocycles. The Hall–Kier alpha value is -2.60. The zero-order chi connectivity index (χ0) is 21.3. The first kappa shape index (κ1) is 20.7. The van der Waals surface area contributed by atoms with Crippen molar-refractivity contribution in [3.63, 3.8) is 0 Å². The third-order valence-corrected chi connectivity index (χ3v) is 6.33. The molecule has 3 aromatic rings. The van der Waals surface area contributed by atoms with Gasteiger partial charge >= 0.3 is 0 Å². The average molecular weight is 421 g/mol. The lowest BCUT2D eigenvalue weighted by molar-refractivity contribution is -0.115. The molecule has 1 aliphatic rings. The molecule has 156 valence electrons. The maximum atomic E-state index is 12.8. The molecule has 1 aliphatic carbocycles. The Kier molecular flexibility index (Phi) is 5.69. The molecule has 1 saturated carbocycles. The summed E-state index contributed by atoms with van der Waals surface area (Å²) in [6, 6.07) is 18.2. The second-order valence-electron chi connectivity index (χ2n) is 8.86. The summed E-state index contributed by atoms with van der Waals surface area (Å²) in [6.07, 6.45) is 2.30. The third kappa shape index (κ3) is 4.59. The summed E-state index contributed by atoms with van der Waals surface area (Å²) in [4.78, 5) is 12.8. The highest BCUT2D eigenvalue weighted by Crippen LogP contribution is 2.41. The lowest BCUT2D eigenvalue weighted by atomic mass is 9.87. The fourth-order valence-electron chi connectivity index (χ4n) is 3.29. The second-order valence-corrected chi connectivity index (χ2v) is 10.2. The van der Waals surface area contributed by atoms with Gasteiger partial charge in [0.2, 0.25) is 5.91 Å². The predicted molar refractivity (Wildman–Crippen MR) is 122 cm³/mol. The molecule has 2 aromatic carbocycles. The van der Waals surface area contributed by atoms with Crippen LogP contribution in [0.5, 0.6) is 0 Å². The Morgan fingerprint density at radius 3 is 2.33 bits per heavy atom. The van der Waals surface area contributed by atoms with Gasteiger partial charge in [-0.05, 0) is 55.0 Å². The Morgan fingerprint density at radius 1 is 1.07 bits per heavy atom. The molecule has 4 rings (SSSR count). The van der Waals surface area contributed by atoms with Crippen LogP contribution in [-0.4, -0.2) is 25.9 Å². The highest BCUT2D eigenvalue weighted by Gasteiger charge is 2.31. The van der Waals surface area contributed by atoms with E-state index in [-0.39, 0.29) is 16.6 Å². The van der Waals surface area contributed by atoms with Crippen LogP contribution in [0.2, 0.25) is 0 Å². The highest BCUT2D eigenvalue weighted by atomic mass is 32.2. The van der Waals surface area contributed by atoms with E-state index in [1.165, 1.54) is 17.3 Å². The van der Waals surface area contributed by atoms with E-state index in [4.69, 9.17) is 0 Å². The number of nitrogens with one attached hydrogen (secondary N) is 1. The fraction of sp³-hybridized carbons (Fsp3) is 0.375. The second kappa shape index (κ2) is 8.26. The van der Waals surface area contributed by atoms with Crippen LogP contribution in [0.25, 0.3) is 5.69 Å². The van der Waals surface area contributed by atoms with E-state index in [0.717, 1.165) is 35.2 Å². The van der Waals surface area contributed by atoms with Crippen molar-refractivity contribution in [2.24, 2.45) is 0 Å². The smallest absolute Gasteiger partial charge is 0.237 e. The summed E-state index contributed by atoms with van der Waals surface area (Å²) < 4.78 is 2.10. The van der Waals surface area contributed by atoms with Crippen molar-refractivity contribution in [2.45, 2.75) is 62.3 Å². The van der Waals surface area contributed by atoms with E-state index >= 15 is 0 Å². The summed E-state index contributed by atoms with van der Waals surface area (Å²) in [6.45, 7) is 8.44. The molecule has 6 heteroatoms. The van der Waals surface area contributed by atoms with Gasteiger partial charge in [-0.2, -0.15) is 0 Å². The number of aromatic nitrogens is 3. The minimum absolute atomic E-state index is 0.0425.